The van der Waals surface area contributed by atoms with Crippen LogP contribution in [-0.4, -0.2) is 30.2 Å². The highest BCUT2D eigenvalue weighted by atomic mass is 16.2. The Balaban J connectivity index is 2.60. The summed E-state index contributed by atoms with van der Waals surface area (Å²) in [7, 11) is 1.60. The van der Waals surface area contributed by atoms with Crippen LogP contribution in [0.2, 0.25) is 0 Å². The lowest BCUT2D eigenvalue weighted by Gasteiger charge is -2.14. The van der Waals surface area contributed by atoms with Gasteiger partial charge in [0.2, 0.25) is 0 Å². The molecule has 1 aliphatic rings. The minimum absolute atomic E-state index is 0.156. The van der Waals surface area contributed by atoms with Gasteiger partial charge >= 0.3 is 0 Å². The van der Waals surface area contributed by atoms with Crippen molar-refractivity contribution in [1.82, 2.24) is 4.90 Å². The molecule has 1 unspecified atom stereocenters. The van der Waals surface area contributed by atoms with Crippen LogP contribution in [0.5, 0.6) is 0 Å². The average Bonchev–Trinajstić information content (AvgIpc) is 2.41. The van der Waals surface area contributed by atoms with E-state index >= 15 is 0 Å². The number of carbonyl (C=O) groups is 2. The predicted molar refractivity (Wildman–Crippen MR) is 56.8 cm³/mol. The van der Waals surface area contributed by atoms with Crippen molar-refractivity contribution in [2.75, 3.05) is 13.6 Å². The van der Waals surface area contributed by atoms with Gasteiger partial charge in [-0.2, -0.15) is 5.26 Å². The van der Waals surface area contributed by atoms with Crippen molar-refractivity contribution in [3.05, 3.63) is 35.4 Å². The number of fused-ring (bicyclic) bond motifs is 1. The lowest BCUT2D eigenvalue weighted by atomic mass is 9.97. The maximum absolute atomic E-state index is 12.0. The molecule has 80 valence electrons. The summed E-state index contributed by atoms with van der Waals surface area (Å²) in [5, 5.41) is 8.91. The maximum Gasteiger partial charge on any atom is 0.254 e. The van der Waals surface area contributed by atoms with Crippen LogP contribution in [0.25, 0.3) is 0 Å². The van der Waals surface area contributed by atoms with Gasteiger partial charge in [-0.05, 0) is 6.07 Å². The second-order valence-corrected chi connectivity index (χ2v) is 3.78. The zero-order valence-corrected chi connectivity index (χ0v) is 8.80. The first-order valence-electron chi connectivity index (χ1n) is 4.93. The monoisotopic (exact) mass is 214 g/mol. The van der Waals surface area contributed by atoms with Crippen molar-refractivity contribution in [1.29, 1.82) is 5.26 Å². The number of ketones is 1. The molecule has 16 heavy (non-hydrogen) atoms. The molecule has 0 saturated heterocycles. The van der Waals surface area contributed by atoms with Crippen LogP contribution in [-0.2, 0) is 0 Å². The van der Waals surface area contributed by atoms with E-state index in [4.69, 9.17) is 5.26 Å². The normalized spacial score (nSPS) is 20.0. The molecule has 0 radical (unpaired) electrons. The molecule has 0 fully saturated rings. The lowest BCUT2D eigenvalue weighted by molar-refractivity contribution is 0.0784. The van der Waals surface area contributed by atoms with Crippen LogP contribution in [0.4, 0.5) is 0 Å². The van der Waals surface area contributed by atoms with Gasteiger partial charge in [0.25, 0.3) is 5.91 Å². The van der Waals surface area contributed by atoms with Crippen LogP contribution in [0.1, 0.15) is 20.7 Å². The van der Waals surface area contributed by atoms with E-state index in [2.05, 4.69) is 0 Å². The number of benzene rings is 1. The molecular weight excluding hydrogens is 204 g/mol. The third-order valence-electron chi connectivity index (χ3n) is 2.70. The van der Waals surface area contributed by atoms with Crippen molar-refractivity contribution in [3.8, 4) is 6.07 Å². The Morgan fingerprint density at radius 2 is 1.94 bits per heavy atom. The van der Waals surface area contributed by atoms with Crippen LogP contribution in [0.3, 0.4) is 0 Å². The molecule has 4 heteroatoms. The molecule has 0 N–H and O–H groups in total. The Kier molecular flexibility index (Phi) is 2.45. The molecule has 1 amide bonds. The Labute approximate surface area is 93.1 Å². The number of nitriles is 1. The summed E-state index contributed by atoms with van der Waals surface area (Å²) in [4.78, 5) is 25.3. The molecule has 0 aromatic heterocycles. The molecule has 1 aromatic rings. The molecule has 1 atom stereocenters. The number of hydrogen-bond donors (Lipinski definition) is 0. The van der Waals surface area contributed by atoms with Crippen molar-refractivity contribution >= 4 is 11.7 Å². The van der Waals surface area contributed by atoms with E-state index < -0.39 is 5.92 Å². The number of carbonyl (C=O) groups excluding carboxylic acids is 2. The molecule has 2 rings (SSSR count). The van der Waals surface area contributed by atoms with E-state index in [0.29, 0.717) is 11.1 Å². The van der Waals surface area contributed by atoms with Gasteiger partial charge in [0, 0.05) is 19.2 Å². The van der Waals surface area contributed by atoms with Crippen LogP contribution in [0, 0.1) is 17.2 Å². The first-order valence-corrected chi connectivity index (χ1v) is 4.93. The third kappa shape index (κ3) is 1.47. The Morgan fingerprint density at radius 1 is 1.31 bits per heavy atom. The molecule has 1 heterocycles. The number of rotatable bonds is 0. The first kappa shape index (κ1) is 10.4. The Morgan fingerprint density at radius 3 is 2.56 bits per heavy atom. The molecule has 0 bridgehead atoms. The minimum atomic E-state index is -0.766. The number of amides is 1. The predicted octanol–water partition coefficient (Wildman–Crippen LogP) is 1.09. The zero-order chi connectivity index (χ0) is 11.7. The fourth-order valence-electron chi connectivity index (χ4n) is 1.82. The summed E-state index contributed by atoms with van der Waals surface area (Å²) in [6.07, 6.45) is 0. The maximum atomic E-state index is 12.0. The Bertz CT molecular complexity index is 502. The molecular formula is C12H10N2O2. The van der Waals surface area contributed by atoms with Gasteiger partial charge < -0.3 is 4.90 Å². The fraction of sp³-hybridized carbons (Fsp3) is 0.250. The van der Waals surface area contributed by atoms with E-state index in [0.717, 1.165) is 0 Å². The minimum Gasteiger partial charge on any atom is -0.340 e. The quantitative estimate of drug-likeness (QED) is 0.649. The summed E-state index contributed by atoms with van der Waals surface area (Å²) < 4.78 is 0. The van der Waals surface area contributed by atoms with Crippen LogP contribution < -0.4 is 0 Å². The van der Waals surface area contributed by atoms with Gasteiger partial charge in [-0.15, -0.1) is 0 Å². The second kappa shape index (κ2) is 3.78. The molecule has 4 nitrogen and oxygen atoms in total. The smallest absolute Gasteiger partial charge is 0.254 e. The van der Waals surface area contributed by atoms with Gasteiger partial charge in [0.05, 0.1) is 11.6 Å². The lowest BCUT2D eigenvalue weighted by Crippen LogP contribution is -2.30. The summed E-state index contributed by atoms with van der Waals surface area (Å²) in [6, 6.07) is 8.57. The van der Waals surface area contributed by atoms with E-state index in [9.17, 15) is 9.59 Å². The molecule has 1 aromatic carbocycles. The highest BCUT2D eigenvalue weighted by molar-refractivity contribution is 6.11. The number of hydrogen-bond acceptors (Lipinski definition) is 3. The van der Waals surface area contributed by atoms with E-state index in [1.54, 1.807) is 31.3 Å². The van der Waals surface area contributed by atoms with Gasteiger partial charge in [0.1, 0.15) is 5.92 Å². The average molecular weight is 214 g/mol. The summed E-state index contributed by atoms with van der Waals surface area (Å²) in [5.41, 5.74) is 0.733. The van der Waals surface area contributed by atoms with E-state index in [-0.39, 0.29) is 18.2 Å². The van der Waals surface area contributed by atoms with E-state index in [1.807, 2.05) is 6.07 Å². The van der Waals surface area contributed by atoms with E-state index in [1.165, 1.54) is 4.90 Å². The van der Waals surface area contributed by atoms with Crippen molar-refractivity contribution in [2.24, 2.45) is 5.92 Å². The number of nitrogens with zero attached hydrogens (tertiary/aromatic N) is 2. The third-order valence-corrected chi connectivity index (χ3v) is 2.70. The summed E-state index contributed by atoms with van der Waals surface area (Å²) >= 11 is 0. The fourth-order valence-corrected chi connectivity index (χ4v) is 1.82. The van der Waals surface area contributed by atoms with Gasteiger partial charge in [-0.1, -0.05) is 18.2 Å². The first-order chi connectivity index (χ1) is 7.65. The topological polar surface area (TPSA) is 61.2 Å². The number of Topliss-reactive ketones (excluding diaryl/α,β-unsaturated/α-hetero) is 1. The van der Waals surface area contributed by atoms with Crippen molar-refractivity contribution in [3.63, 3.8) is 0 Å². The zero-order valence-electron chi connectivity index (χ0n) is 8.80. The van der Waals surface area contributed by atoms with Gasteiger partial charge in [0.15, 0.2) is 5.78 Å². The van der Waals surface area contributed by atoms with Crippen molar-refractivity contribution in [2.45, 2.75) is 0 Å². The van der Waals surface area contributed by atoms with Crippen LogP contribution >= 0.6 is 0 Å². The molecule has 0 saturated carbocycles. The van der Waals surface area contributed by atoms with Gasteiger partial charge in [-0.25, -0.2) is 0 Å². The highest BCUT2D eigenvalue weighted by Crippen LogP contribution is 2.20. The summed E-state index contributed by atoms with van der Waals surface area (Å²) in [6.45, 7) is 0.156. The molecule has 1 aliphatic heterocycles. The highest BCUT2D eigenvalue weighted by Gasteiger charge is 2.31. The largest absolute Gasteiger partial charge is 0.340 e. The SMILES string of the molecule is CN1CC(C#N)C(=O)c2ccccc2C1=O. The standard InChI is InChI=1S/C12H10N2O2/c1-14-7-8(6-13)11(15)9-4-2-3-5-10(9)12(14)16/h2-5,8H,7H2,1H3. The second-order valence-electron chi connectivity index (χ2n) is 3.78. The van der Waals surface area contributed by atoms with Crippen LogP contribution in [0.15, 0.2) is 24.3 Å². The van der Waals surface area contributed by atoms with Gasteiger partial charge in [-0.3, -0.25) is 9.59 Å². The molecule has 0 spiro atoms. The molecule has 0 aliphatic carbocycles. The Hall–Kier alpha value is -2.15. The summed E-state index contributed by atoms with van der Waals surface area (Å²) in [5.74, 6) is -1.24. The van der Waals surface area contributed by atoms with Crippen molar-refractivity contribution < 1.29 is 9.59 Å².